The Balaban J connectivity index is 1.82. The second kappa shape index (κ2) is 5.77. The smallest absolute Gasteiger partial charge is 0.140 e. The Labute approximate surface area is 99.3 Å². The highest BCUT2D eigenvalue weighted by atomic mass is 32.1. The molecule has 0 fully saturated rings. The summed E-state index contributed by atoms with van der Waals surface area (Å²) in [5, 5.41) is 11.8. The zero-order chi connectivity index (χ0) is 11.2. The number of nitrogens with zero attached hydrogens (tertiary/aromatic N) is 3. The van der Waals surface area contributed by atoms with Gasteiger partial charge in [0.25, 0.3) is 0 Å². The Morgan fingerprint density at radius 2 is 2.38 bits per heavy atom. The number of hydrogen-bond donors (Lipinski definition) is 1. The predicted octanol–water partition coefficient (Wildman–Crippen LogP) is 2.04. The monoisotopic (exact) mass is 236 g/mol. The van der Waals surface area contributed by atoms with Crippen LogP contribution in [0.3, 0.4) is 0 Å². The number of rotatable bonds is 6. The van der Waals surface area contributed by atoms with Crippen LogP contribution in [-0.4, -0.2) is 14.8 Å². The average Bonchev–Trinajstić information content (AvgIpc) is 2.91. The summed E-state index contributed by atoms with van der Waals surface area (Å²) in [7, 11) is 0. The molecule has 0 aliphatic carbocycles. The van der Waals surface area contributed by atoms with E-state index in [0.29, 0.717) is 0 Å². The van der Waals surface area contributed by atoms with Gasteiger partial charge in [-0.1, -0.05) is 6.92 Å². The fraction of sp³-hybridized carbons (Fsp3) is 0.455. The maximum atomic E-state index is 4.25. The van der Waals surface area contributed by atoms with E-state index in [1.54, 1.807) is 17.7 Å². The molecule has 0 spiro atoms. The van der Waals surface area contributed by atoms with Crippen LogP contribution >= 0.6 is 11.3 Å². The highest BCUT2D eigenvalue weighted by Crippen LogP contribution is 2.05. The average molecular weight is 236 g/mol. The third kappa shape index (κ3) is 2.90. The van der Waals surface area contributed by atoms with Gasteiger partial charge in [-0.2, -0.15) is 16.4 Å². The van der Waals surface area contributed by atoms with Crippen molar-refractivity contribution in [2.45, 2.75) is 33.0 Å². The molecule has 4 nitrogen and oxygen atoms in total. The van der Waals surface area contributed by atoms with Gasteiger partial charge >= 0.3 is 0 Å². The van der Waals surface area contributed by atoms with E-state index in [-0.39, 0.29) is 0 Å². The second-order valence-electron chi connectivity index (χ2n) is 3.63. The molecule has 86 valence electrons. The second-order valence-corrected chi connectivity index (χ2v) is 4.41. The molecule has 2 aromatic heterocycles. The van der Waals surface area contributed by atoms with Crippen molar-refractivity contribution in [1.29, 1.82) is 0 Å². The van der Waals surface area contributed by atoms with Gasteiger partial charge in [-0.05, 0) is 28.8 Å². The topological polar surface area (TPSA) is 42.7 Å². The molecule has 1 N–H and O–H groups in total. The third-order valence-electron chi connectivity index (χ3n) is 2.32. The van der Waals surface area contributed by atoms with E-state index in [1.165, 1.54) is 5.56 Å². The lowest BCUT2D eigenvalue weighted by molar-refractivity contribution is 0.542. The molecule has 0 saturated heterocycles. The zero-order valence-corrected chi connectivity index (χ0v) is 10.2. The van der Waals surface area contributed by atoms with Crippen LogP contribution in [0.4, 0.5) is 0 Å². The first kappa shape index (κ1) is 11.3. The number of hydrogen-bond acceptors (Lipinski definition) is 4. The van der Waals surface area contributed by atoms with Crippen LogP contribution in [0.5, 0.6) is 0 Å². The Kier molecular flexibility index (Phi) is 4.07. The van der Waals surface area contributed by atoms with Crippen molar-refractivity contribution < 1.29 is 0 Å². The first-order valence-electron chi connectivity index (χ1n) is 5.48. The quantitative estimate of drug-likeness (QED) is 0.834. The Bertz CT molecular complexity index is 407. The lowest BCUT2D eigenvalue weighted by Gasteiger charge is -2.05. The van der Waals surface area contributed by atoms with Gasteiger partial charge in [-0.15, -0.1) is 0 Å². The molecule has 0 unspecified atom stereocenters. The van der Waals surface area contributed by atoms with E-state index in [1.807, 2.05) is 4.68 Å². The van der Waals surface area contributed by atoms with Gasteiger partial charge < -0.3 is 5.32 Å². The normalized spacial score (nSPS) is 10.8. The molecule has 0 bridgehead atoms. The van der Waals surface area contributed by atoms with Gasteiger partial charge in [0.2, 0.25) is 0 Å². The summed E-state index contributed by atoms with van der Waals surface area (Å²) >= 11 is 1.73. The van der Waals surface area contributed by atoms with Crippen molar-refractivity contribution in [2.75, 3.05) is 0 Å². The lowest BCUT2D eigenvalue weighted by atomic mass is 10.3. The Morgan fingerprint density at radius 3 is 3.12 bits per heavy atom. The number of aryl methyl sites for hydroxylation is 1. The summed E-state index contributed by atoms with van der Waals surface area (Å²) in [6.45, 7) is 4.75. The molecule has 0 saturated carbocycles. The molecule has 0 atom stereocenters. The van der Waals surface area contributed by atoms with Gasteiger partial charge in [0.15, 0.2) is 0 Å². The minimum absolute atomic E-state index is 0.774. The van der Waals surface area contributed by atoms with E-state index in [0.717, 1.165) is 31.9 Å². The number of aromatic nitrogens is 3. The summed E-state index contributed by atoms with van der Waals surface area (Å²) in [6, 6.07) is 2.13. The van der Waals surface area contributed by atoms with Crippen molar-refractivity contribution in [3.8, 4) is 0 Å². The minimum atomic E-state index is 0.774. The van der Waals surface area contributed by atoms with Crippen molar-refractivity contribution in [3.63, 3.8) is 0 Å². The van der Waals surface area contributed by atoms with Crippen LogP contribution < -0.4 is 5.32 Å². The first-order valence-corrected chi connectivity index (χ1v) is 6.43. The number of thiophene rings is 1. The first-order chi connectivity index (χ1) is 7.90. The van der Waals surface area contributed by atoms with Gasteiger partial charge in [-0.25, -0.2) is 9.67 Å². The number of nitrogens with one attached hydrogen (secondary N) is 1. The molecule has 0 aliphatic heterocycles. The molecule has 0 aromatic carbocycles. The highest BCUT2D eigenvalue weighted by molar-refractivity contribution is 7.07. The largest absolute Gasteiger partial charge is 0.306 e. The van der Waals surface area contributed by atoms with Gasteiger partial charge in [0.05, 0.1) is 6.54 Å². The van der Waals surface area contributed by atoms with E-state index in [9.17, 15) is 0 Å². The van der Waals surface area contributed by atoms with Crippen LogP contribution in [0.2, 0.25) is 0 Å². The minimum Gasteiger partial charge on any atom is -0.306 e. The van der Waals surface area contributed by atoms with Crippen LogP contribution in [-0.2, 0) is 19.6 Å². The molecule has 0 radical (unpaired) electrons. The Morgan fingerprint density at radius 1 is 1.44 bits per heavy atom. The summed E-state index contributed by atoms with van der Waals surface area (Å²) in [5.41, 5.74) is 1.33. The van der Waals surface area contributed by atoms with Crippen molar-refractivity contribution in [1.82, 2.24) is 20.1 Å². The SMILES string of the molecule is CCCn1ncnc1CNCc1ccsc1. The van der Waals surface area contributed by atoms with E-state index < -0.39 is 0 Å². The van der Waals surface area contributed by atoms with E-state index in [4.69, 9.17) is 0 Å². The van der Waals surface area contributed by atoms with Crippen molar-refractivity contribution in [3.05, 3.63) is 34.5 Å². The summed E-state index contributed by atoms with van der Waals surface area (Å²) in [5.74, 6) is 1.01. The molecule has 2 heterocycles. The van der Waals surface area contributed by atoms with E-state index in [2.05, 4.69) is 39.1 Å². The molecule has 2 rings (SSSR count). The van der Waals surface area contributed by atoms with Gasteiger partial charge in [0, 0.05) is 13.1 Å². The van der Waals surface area contributed by atoms with Crippen LogP contribution in [0.15, 0.2) is 23.2 Å². The molecule has 2 aromatic rings. The van der Waals surface area contributed by atoms with Crippen LogP contribution in [0.25, 0.3) is 0 Å². The molecule has 0 amide bonds. The predicted molar refractivity (Wildman–Crippen MR) is 65.2 cm³/mol. The van der Waals surface area contributed by atoms with Crippen LogP contribution in [0.1, 0.15) is 24.7 Å². The zero-order valence-electron chi connectivity index (χ0n) is 9.39. The lowest BCUT2D eigenvalue weighted by Crippen LogP contribution is -2.17. The maximum Gasteiger partial charge on any atom is 0.140 e. The summed E-state index contributed by atoms with van der Waals surface area (Å²) in [4.78, 5) is 4.25. The van der Waals surface area contributed by atoms with Crippen molar-refractivity contribution in [2.24, 2.45) is 0 Å². The molecule has 0 aliphatic rings. The summed E-state index contributed by atoms with van der Waals surface area (Å²) < 4.78 is 1.96. The highest BCUT2D eigenvalue weighted by Gasteiger charge is 2.02. The standard InChI is InChI=1S/C11H16N4S/c1-2-4-15-11(13-9-14-15)7-12-6-10-3-5-16-8-10/h3,5,8-9,12H,2,4,6-7H2,1H3. The summed E-state index contributed by atoms with van der Waals surface area (Å²) in [6.07, 6.45) is 2.71. The van der Waals surface area contributed by atoms with Crippen molar-refractivity contribution >= 4 is 11.3 Å². The maximum absolute atomic E-state index is 4.25. The fourth-order valence-electron chi connectivity index (χ4n) is 1.54. The van der Waals surface area contributed by atoms with Gasteiger partial charge in [-0.3, -0.25) is 0 Å². The molecule has 5 heteroatoms. The fourth-order valence-corrected chi connectivity index (χ4v) is 2.20. The molecular weight excluding hydrogens is 220 g/mol. The Hall–Kier alpha value is -1.20. The third-order valence-corrected chi connectivity index (χ3v) is 3.06. The van der Waals surface area contributed by atoms with E-state index >= 15 is 0 Å². The molecule has 16 heavy (non-hydrogen) atoms. The van der Waals surface area contributed by atoms with Crippen LogP contribution in [0, 0.1) is 0 Å². The van der Waals surface area contributed by atoms with Gasteiger partial charge in [0.1, 0.15) is 12.2 Å². The molecular formula is C11H16N4S.